The number of hydrogen-bond donors (Lipinski definition) is 1. The van der Waals surface area contributed by atoms with E-state index in [1.54, 1.807) is 11.6 Å². The Balaban J connectivity index is 1.93. The zero-order valence-corrected chi connectivity index (χ0v) is 9.69. The molecule has 0 saturated heterocycles. The van der Waals surface area contributed by atoms with Gasteiger partial charge in [0.15, 0.2) is 0 Å². The Labute approximate surface area is 95.0 Å². The minimum Gasteiger partial charge on any atom is -0.344 e. The lowest BCUT2D eigenvalue weighted by Crippen LogP contribution is -2.22. The molecule has 4 nitrogen and oxygen atoms in total. The Morgan fingerprint density at radius 1 is 1.53 bits per heavy atom. The molecule has 2 aromatic rings. The molecule has 1 N–H and O–H groups in total. The summed E-state index contributed by atoms with van der Waals surface area (Å²) >= 11 is 2.99. The number of aromatic nitrogens is 2. The maximum atomic E-state index is 11.6. The van der Waals surface area contributed by atoms with Crippen molar-refractivity contribution in [2.45, 2.75) is 13.5 Å². The van der Waals surface area contributed by atoms with Crippen LogP contribution in [0.1, 0.15) is 20.5 Å². The minimum absolute atomic E-state index is 0.144. The van der Waals surface area contributed by atoms with Crippen molar-refractivity contribution in [2.24, 2.45) is 0 Å². The quantitative estimate of drug-likeness (QED) is 0.889. The molecule has 0 atom stereocenters. The van der Waals surface area contributed by atoms with Gasteiger partial charge in [-0.3, -0.25) is 4.79 Å². The number of amides is 1. The van der Waals surface area contributed by atoms with E-state index in [1.807, 2.05) is 12.3 Å². The molecule has 0 bridgehead atoms. The molecule has 78 valence electrons. The predicted molar refractivity (Wildman–Crippen MR) is 60.1 cm³/mol. The highest BCUT2D eigenvalue weighted by molar-refractivity contribution is 7.09. The largest absolute Gasteiger partial charge is 0.344 e. The molecule has 0 spiro atoms. The molecule has 2 heterocycles. The zero-order chi connectivity index (χ0) is 10.7. The van der Waals surface area contributed by atoms with E-state index in [1.165, 1.54) is 22.7 Å². The van der Waals surface area contributed by atoms with Gasteiger partial charge in [0.1, 0.15) is 10.7 Å². The molecule has 0 aliphatic heterocycles. The van der Waals surface area contributed by atoms with Crippen molar-refractivity contribution in [3.8, 4) is 0 Å². The number of aryl methyl sites for hydroxylation is 1. The topological polar surface area (TPSA) is 54.9 Å². The van der Waals surface area contributed by atoms with E-state index < -0.39 is 0 Å². The molecular weight excluding hydrogens is 230 g/mol. The molecule has 0 aliphatic carbocycles. The van der Waals surface area contributed by atoms with Crippen molar-refractivity contribution in [2.75, 3.05) is 0 Å². The predicted octanol–water partition coefficient (Wildman–Crippen LogP) is 1.84. The monoisotopic (exact) mass is 239 g/mol. The number of hydrogen-bond acceptors (Lipinski definition) is 5. The molecule has 0 radical (unpaired) electrons. The van der Waals surface area contributed by atoms with Crippen LogP contribution in [0.3, 0.4) is 0 Å². The van der Waals surface area contributed by atoms with E-state index >= 15 is 0 Å². The third-order valence-corrected chi connectivity index (χ3v) is 3.29. The van der Waals surface area contributed by atoms with Crippen molar-refractivity contribution in [1.29, 1.82) is 0 Å². The molecule has 2 aromatic heterocycles. The van der Waals surface area contributed by atoms with E-state index in [9.17, 15) is 4.79 Å². The molecule has 1 amide bonds. The van der Waals surface area contributed by atoms with E-state index in [4.69, 9.17) is 0 Å². The number of carbonyl (C=O) groups excluding carboxylic acids is 1. The summed E-state index contributed by atoms with van der Waals surface area (Å²) in [5.74, 6) is -0.144. The van der Waals surface area contributed by atoms with Crippen molar-refractivity contribution in [1.82, 2.24) is 15.3 Å². The second-order valence-corrected chi connectivity index (χ2v) is 4.90. The average Bonchev–Trinajstić information content (AvgIpc) is 2.84. The van der Waals surface area contributed by atoms with Crippen LogP contribution in [0.15, 0.2) is 17.0 Å². The van der Waals surface area contributed by atoms with Gasteiger partial charge in [0, 0.05) is 17.0 Å². The molecule has 0 saturated carbocycles. The second kappa shape index (κ2) is 4.50. The maximum absolute atomic E-state index is 11.6. The van der Waals surface area contributed by atoms with Crippen LogP contribution >= 0.6 is 22.7 Å². The summed E-state index contributed by atoms with van der Waals surface area (Å²) in [6.45, 7) is 2.34. The van der Waals surface area contributed by atoms with Crippen LogP contribution in [-0.4, -0.2) is 15.9 Å². The first kappa shape index (κ1) is 10.3. The van der Waals surface area contributed by atoms with Crippen molar-refractivity contribution < 1.29 is 4.79 Å². The van der Waals surface area contributed by atoms with Crippen LogP contribution < -0.4 is 5.32 Å². The highest BCUT2D eigenvalue weighted by Crippen LogP contribution is 2.08. The number of rotatable bonds is 3. The summed E-state index contributed by atoms with van der Waals surface area (Å²) in [6, 6.07) is 0. The Morgan fingerprint density at radius 2 is 2.40 bits per heavy atom. The summed E-state index contributed by atoms with van der Waals surface area (Å²) < 4.78 is 0. The smallest absolute Gasteiger partial charge is 0.271 e. The minimum atomic E-state index is -0.144. The van der Waals surface area contributed by atoms with Gasteiger partial charge in [0.2, 0.25) is 0 Å². The maximum Gasteiger partial charge on any atom is 0.271 e. The normalized spacial score (nSPS) is 10.2. The molecule has 0 aromatic carbocycles. The SMILES string of the molecule is Cc1nc(C(=O)NCc2nccs2)cs1. The van der Waals surface area contributed by atoms with Crippen LogP contribution in [0.5, 0.6) is 0 Å². The van der Waals surface area contributed by atoms with Gasteiger partial charge in [-0.15, -0.1) is 22.7 Å². The number of carbonyl (C=O) groups is 1. The van der Waals surface area contributed by atoms with Gasteiger partial charge in [-0.05, 0) is 6.92 Å². The van der Waals surface area contributed by atoms with Gasteiger partial charge in [-0.1, -0.05) is 0 Å². The fraction of sp³-hybridized carbons (Fsp3) is 0.222. The Bertz CT molecular complexity index is 450. The van der Waals surface area contributed by atoms with Gasteiger partial charge in [-0.25, -0.2) is 9.97 Å². The van der Waals surface area contributed by atoms with Crippen molar-refractivity contribution in [3.05, 3.63) is 32.7 Å². The van der Waals surface area contributed by atoms with Gasteiger partial charge in [0.25, 0.3) is 5.91 Å². The van der Waals surface area contributed by atoms with Crippen LogP contribution in [0.4, 0.5) is 0 Å². The van der Waals surface area contributed by atoms with E-state index in [0.717, 1.165) is 10.0 Å². The van der Waals surface area contributed by atoms with E-state index in [2.05, 4.69) is 15.3 Å². The summed E-state index contributed by atoms with van der Waals surface area (Å²) in [5, 5.41) is 8.20. The zero-order valence-electron chi connectivity index (χ0n) is 8.06. The highest BCUT2D eigenvalue weighted by Gasteiger charge is 2.08. The van der Waals surface area contributed by atoms with Crippen LogP contribution in [0.25, 0.3) is 0 Å². The van der Waals surface area contributed by atoms with Crippen molar-refractivity contribution in [3.63, 3.8) is 0 Å². The highest BCUT2D eigenvalue weighted by atomic mass is 32.1. The van der Waals surface area contributed by atoms with Crippen LogP contribution in [0.2, 0.25) is 0 Å². The standard InChI is InChI=1S/C9H9N3OS2/c1-6-12-7(5-15-6)9(13)11-4-8-10-2-3-14-8/h2-3,5H,4H2,1H3,(H,11,13). The van der Waals surface area contributed by atoms with Gasteiger partial charge in [0.05, 0.1) is 11.6 Å². The molecular formula is C9H9N3OS2. The van der Waals surface area contributed by atoms with Crippen molar-refractivity contribution >= 4 is 28.6 Å². The molecule has 0 aliphatic rings. The first-order valence-corrected chi connectivity index (χ1v) is 6.10. The lowest BCUT2D eigenvalue weighted by Gasteiger charge is -1.98. The fourth-order valence-electron chi connectivity index (χ4n) is 1.05. The molecule has 0 unspecified atom stereocenters. The number of thiazole rings is 2. The molecule has 2 rings (SSSR count). The number of nitrogens with one attached hydrogen (secondary N) is 1. The Hall–Kier alpha value is -1.27. The van der Waals surface area contributed by atoms with Crippen LogP contribution in [-0.2, 0) is 6.54 Å². The summed E-state index contributed by atoms with van der Waals surface area (Å²) in [7, 11) is 0. The Kier molecular flexibility index (Phi) is 3.08. The summed E-state index contributed by atoms with van der Waals surface area (Å²) in [4.78, 5) is 19.7. The van der Waals surface area contributed by atoms with Gasteiger partial charge >= 0.3 is 0 Å². The molecule has 0 fully saturated rings. The lowest BCUT2D eigenvalue weighted by molar-refractivity contribution is 0.0946. The molecule has 6 heteroatoms. The first-order chi connectivity index (χ1) is 7.25. The van der Waals surface area contributed by atoms with Gasteiger partial charge in [-0.2, -0.15) is 0 Å². The summed E-state index contributed by atoms with van der Waals surface area (Å²) in [5.41, 5.74) is 0.481. The number of nitrogens with zero attached hydrogens (tertiary/aromatic N) is 2. The first-order valence-electron chi connectivity index (χ1n) is 4.34. The average molecular weight is 239 g/mol. The summed E-state index contributed by atoms with van der Waals surface area (Å²) in [6.07, 6.45) is 1.72. The second-order valence-electron chi connectivity index (χ2n) is 2.86. The third-order valence-electron chi connectivity index (χ3n) is 1.74. The Morgan fingerprint density at radius 3 is 3.00 bits per heavy atom. The van der Waals surface area contributed by atoms with E-state index in [0.29, 0.717) is 12.2 Å². The van der Waals surface area contributed by atoms with E-state index in [-0.39, 0.29) is 5.91 Å². The lowest BCUT2D eigenvalue weighted by atomic mass is 10.4. The van der Waals surface area contributed by atoms with Gasteiger partial charge < -0.3 is 5.32 Å². The molecule has 15 heavy (non-hydrogen) atoms. The fourth-order valence-corrected chi connectivity index (χ4v) is 2.20. The van der Waals surface area contributed by atoms with Crippen LogP contribution in [0, 0.1) is 6.92 Å². The third kappa shape index (κ3) is 2.60.